The average molecular weight is 407 g/mol. The van der Waals surface area contributed by atoms with Gasteiger partial charge in [-0.05, 0) is 45.4 Å². The van der Waals surface area contributed by atoms with E-state index in [0.717, 1.165) is 17.5 Å². The van der Waals surface area contributed by atoms with Crippen molar-refractivity contribution in [2.45, 2.75) is 64.6 Å². The molecule has 2 rings (SSSR count). The summed E-state index contributed by atoms with van der Waals surface area (Å²) in [4.78, 5) is 0. The normalized spacial score (nSPS) is 12.8. The van der Waals surface area contributed by atoms with Crippen LogP contribution in [0.25, 0.3) is 10.8 Å². The Kier molecular flexibility index (Phi) is 6.69. The Hall–Kier alpha value is -0.643. The van der Waals surface area contributed by atoms with E-state index in [9.17, 15) is 0 Å². The van der Waals surface area contributed by atoms with Crippen LogP contribution in [0.3, 0.4) is 0 Å². The van der Waals surface area contributed by atoms with Crippen LogP contribution in [0.4, 0.5) is 0 Å². The summed E-state index contributed by atoms with van der Waals surface area (Å²) >= 11 is 3.66. The van der Waals surface area contributed by atoms with Gasteiger partial charge in [-0.3, -0.25) is 0 Å². The molecule has 0 saturated heterocycles. The third-order valence-corrected chi connectivity index (χ3v) is 12.2. The molecular formula is C21H31BrOSi. The van der Waals surface area contributed by atoms with Crippen LogP contribution in [-0.2, 0) is 10.8 Å². The second kappa shape index (κ2) is 8.16. The van der Waals surface area contributed by atoms with Gasteiger partial charge in [-0.25, -0.2) is 0 Å². The number of rotatable bonds is 7. The number of halogens is 1. The van der Waals surface area contributed by atoms with Crippen LogP contribution in [0.1, 0.15) is 47.1 Å². The molecule has 0 aromatic heterocycles. The van der Waals surface area contributed by atoms with E-state index in [1.54, 1.807) is 0 Å². The molecule has 0 aliphatic carbocycles. The Morgan fingerprint density at radius 1 is 0.833 bits per heavy atom. The molecule has 0 spiro atoms. The quantitative estimate of drug-likeness (QED) is 0.436. The lowest BCUT2D eigenvalue weighted by Crippen LogP contribution is -2.48. The summed E-state index contributed by atoms with van der Waals surface area (Å²) in [6.45, 7) is 14.9. The first kappa shape index (κ1) is 19.7. The van der Waals surface area contributed by atoms with Gasteiger partial charge in [0.15, 0.2) is 8.32 Å². The van der Waals surface area contributed by atoms with Gasteiger partial charge < -0.3 is 4.43 Å². The highest BCUT2D eigenvalue weighted by atomic mass is 79.9. The van der Waals surface area contributed by atoms with E-state index in [4.69, 9.17) is 4.43 Å². The second-order valence-electron chi connectivity index (χ2n) is 7.67. The number of fused-ring (bicyclic) bond motifs is 1. The molecule has 0 radical (unpaired) electrons. The summed E-state index contributed by atoms with van der Waals surface area (Å²) in [5, 5.41) is 2.62. The Morgan fingerprint density at radius 3 is 1.92 bits per heavy atom. The zero-order valence-corrected chi connectivity index (χ0v) is 18.5. The molecule has 1 nitrogen and oxygen atoms in total. The fourth-order valence-electron chi connectivity index (χ4n) is 4.38. The lowest BCUT2D eigenvalue weighted by atomic mass is 10.0. The van der Waals surface area contributed by atoms with Crippen LogP contribution in [0, 0.1) is 0 Å². The molecule has 0 N–H and O–H groups in total. The highest BCUT2D eigenvalue weighted by Gasteiger charge is 2.44. The zero-order chi connectivity index (χ0) is 17.9. The zero-order valence-electron chi connectivity index (χ0n) is 15.9. The fraction of sp³-hybridized carbons (Fsp3) is 0.524. The lowest BCUT2D eigenvalue weighted by Gasteiger charge is -2.42. The van der Waals surface area contributed by atoms with Crippen LogP contribution < -0.4 is 0 Å². The van der Waals surface area contributed by atoms with Crippen molar-refractivity contribution < 1.29 is 4.43 Å². The Morgan fingerprint density at radius 2 is 1.38 bits per heavy atom. The highest BCUT2D eigenvalue weighted by molar-refractivity contribution is 9.10. The van der Waals surface area contributed by atoms with Crippen LogP contribution in [0.15, 0.2) is 40.9 Å². The highest BCUT2D eigenvalue weighted by Crippen LogP contribution is 2.42. The summed E-state index contributed by atoms with van der Waals surface area (Å²) in [6.07, 6.45) is 0.981. The molecule has 0 bridgehead atoms. The van der Waals surface area contributed by atoms with Crippen LogP contribution in [0.5, 0.6) is 0 Å². The van der Waals surface area contributed by atoms with Crippen molar-refractivity contribution in [3.05, 3.63) is 46.4 Å². The molecule has 132 valence electrons. The van der Waals surface area contributed by atoms with Crippen LogP contribution in [0.2, 0.25) is 16.6 Å². The molecule has 2 aromatic rings. The van der Waals surface area contributed by atoms with Gasteiger partial charge >= 0.3 is 0 Å². The smallest absolute Gasteiger partial charge is 0.200 e. The van der Waals surface area contributed by atoms with Gasteiger partial charge in [-0.1, -0.05) is 87.8 Å². The van der Waals surface area contributed by atoms with Gasteiger partial charge in [-0.2, -0.15) is 0 Å². The van der Waals surface area contributed by atoms with E-state index < -0.39 is 8.32 Å². The van der Waals surface area contributed by atoms with Gasteiger partial charge in [0.05, 0.1) is 0 Å². The van der Waals surface area contributed by atoms with Gasteiger partial charge in [0.25, 0.3) is 0 Å². The Labute approximate surface area is 157 Å². The monoisotopic (exact) mass is 406 g/mol. The van der Waals surface area contributed by atoms with Crippen molar-refractivity contribution in [3.63, 3.8) is 0 Å². The predicted molar refractivity (Wildman–Crippen MR) is 112 cm³/mol. The molecule has 0 aliphatic heterocycles. The Bertz CT molecular complexity index is 657. The topological polar surface area (TPSA) is 9.23 Å². The van der Waals surface area contributed by atoms with Crippen LogP contribution in [-0.4, -0.2) is 14.9 Å². The maximum absolute atomic E-state index is 6.72. The number of benzene rings is 2. The third-order valence-electron chi connectivity index (χ3n) is 5.39. The summed E-state index contributed by atoms with van der Waals surface area (Å²) in [5.41, 5.74) is 3.30. The molecule has 3 heteroatoms. The fourth-order valence-corrected chi connectivity index (χ4v) is 10.3. The summed E-state index contributed by atoms with van der Waals surface area (Å²) in [7, 11) is -1.77. The standard InChI is InChI=1S/C21H31BrOSi/c1-15(2)24(16(3)4,17(5)6)23-14-13-18-11-12-21(22)20-10-8-7-9-19(18)20/h7-12,15-17H,13-14H2,1-6H3. The molecule has 2 aromatic carbocycles. The Balaban J connectivity index is 2.21. The van der Waals surface area contributed by atoms with Crippen molar-refractivity contribution in [2.24, 2.45) is 0 Å². The maximum atomic E-state index is 6.72. The number of hydrogen-bond acceptors (Lipinski definition) is 1. The molecule has 0 unspecified atom stereocenters. The van der Waals surface area contributed by atoms with E-state index in [1.165, 1.54) is 16.3 Å². The predicted octanol–water partition coefficient (Wildman–Crippen LogP) is 7.34. The van der Waals surface area contributed by atoms with Crippen molar-refractivity contribution in [1.82, 2.24) is 0 Å². The minimum atomic E-state index is -1.77. The van der Waals surface area contributed by atoms with Gasteiger partial charge in [0.2, 0.25) is 0 Å². The van der Waals surface area contributed by atoms with Crippen molar-refractivity contribution in [2.75, 3.05) is 6.61 Å². The van der Waals surface area contributed by atoms with Crippen molar-refractivity contribution in [1.29, 1.82) is 0 Å². The summed E-state index contributed by atoms with van der Waals surface area (Å²) < 4.78 is 7.89. The summed E-state index contributed by atoms with van der Waals surface area (Å²) in [6, 6.07) is 13.0. The molecule has 0 heterocycles. The first-order valence-corrected chi connectivity index (χ1v) is 12.0. The average Bonchev–Trinajstić information content (AvgIpc) is 2.52. The maximum Gasteiger partial charge on any atom is 0.200 e. The number of hydrogen-bond donors (Lipinski definition) is 0. The molecule has 0 atom stereocenters. The molecule has 0 aliphatic rings. The van der Waals surface area contributed by atoms with E-state index in [2.05, 4.69) is 93.9 Å². The molecule has 24 heavy (non-hydrogen) atoms. The molecule has 0 fully saturated rings. The molecule has 0 saturated carbocycles. The molecular weight excluding hydrogens is 376 g/mol. The van der Waals surface area contributed by atoms with Gasteiger partial charge in [-0.15, -0.1) is 0 Å². The first-order valence-electron chi connectivity index (χ1n) is 9.10. The van der Waals surface area contributed by atoms with Gasteiger partial charge in [0, 0.05) is 11.1 Å². The van der Waals surface area contributed by atoms with Crippen molar-refractivity contribution >= 4 is 35.0 Å². The minimum absolute atomic E-state index is 0.638. The van der Waals surface area contributed by atoms with E-state index in [-0.39, 0.29) is 0 Å². The molecule has 0 amide bonds. The van der Waals surface area contributed by atoms with Gasteiger partial charge in [0.1, 0.15) is 0 Å². The van der Waals surface area contributed by atoms with E-state index >= 15 is 0 Å². The second-order valence-corrected chi connectivity index (χ2v) is 14.0. The van der Waals surface area contributed by atoms with Crippen LogP contribution >= 0.6 is 15.9 Å². The summed E-state index contributed by atoms with van der Waals surface area (Å²) in [5.74, 6) is 0. The minimum Gasteiger partial charge on any atom is -0.416 e. The lowest BCUT2D eigenvalue weighted by molar-refractivity contribution is 0.282. The SMILES string of the molecule is CC(C)[Si](OCCc1ccc(Br)c2ccccc12)(C(C)C)C(C)C. The van der Waals surface area contributed by atoms with E-state index in [1.807, 2.05) is 0 Å². The van der Waals surface area contributed by atoms with E-state index in [0.29, 0.717) is 16.6 Å². The largest absolute Gasteiger partial charge is 0.416 e. The van der Waals surface area contributed by atoms with Crippen molar-refractivity contribution in [3.8, 4) is 0 Å². The third kappa shape index (κ3) is 3.78. The first-order chi connectivity index (χ1) is 11.3.